The van der Waals surface area contributed by atoms with Crippen LogP contribution < -0.4 is 10.6 Å². The SMILES string of the molecule is CN(CCCCNC(=O)/C=C\c1cccnc1)CCNCC(c1ccccc1)c1ccccc1. The summed E-state index contributed by atoms with van der Waals surface area (Å²) in [4.78, 5) is 18.3. The zero-order valence-electron chi connectivity index (χ0n) is 20.1. The minimum atomic E-state index is -0.0622. The summed E-state index contributed by atoms with van der Waals surface area (Å²) in [6.07, 6.45) is 8.82. The van der Waals surface area contributed by atoms with Gasteiger partial charge in [-0.15, -0.1) is 0 Å². The van der Waals surface area contributed by atoms with Crippen molar-refractivity contribution in [2.75, 3.05) is 39.8 Å². The predicted molar refractivity (Wildman–Crippen MR) is 141 cm³/mol. The molecule has 0 fully saturated rings. The highest BCUT2D eigenvalue weighted by atomic mass is 16.1. The molecule has 0 aliphatic heterocycles. The molecule has 34 heavy (non-hydrogen) atoms. The summed E-state index contributed by atoms with van der Waals surface area (Å²) in [6, 6.07) is 25.2. The molecular formula is C29H36N4O. The number of nitrogens with one attached hydrogen (secondary N) is 2. The minimum Gasteiger partial charge on any atom is -0.353 e. The lowest BCUT2D eigenvalue weighted by molar-refractivity contribution is -0.116. The van der Waals surface area contributed by atoms with Gasteiger partial charge < -0.3 is 15.5 Å². The molecule has 1 heterocycles. The van der Waals surface area contributed by atoms with E-state index in [1.807, 2.05) is 12.1 Å². The molecule has 0 bridgehead atoms. The van der Waals surface area contributed by atoms with Crippen molar-refractivity contribution in [2.24, 2.45) is 0 Å². The molecule has 0 spiro atoms. The Kier molecular flexibility index (Phi) is 11.0. The van der Waals surface area contributed by atoms with Gasteiger partial charge in [-0.2, -0.15) is 0 Å². The first-order valence-corrected chi connectivity index (χ1v) is 12.1. The summed E-state index contributed by atoms with van der Waals surface area (Å²) in [5.74, 6) is 0.288. The van der Waals surface area contributed by atoms with E-state index < -0.39 is 0 Å². The van der Waals surface area contributed by atoms with Crippen molar-refractivity contribution in [1.29, 1.82) is 0 Å². The van der Waals surface area contributed by atoms with Gasteiger partial charge in [0.1, 0.15) is 0 Å². The van der Waals surface area contributed by atoms with E-state index in [9.17, 15) is 4.79 Å². The molecule has 0 aliphatic carbocycles. The van der Waals surface area contributed by atoms with E-state index in [-0.39, 0.29) is 5.91 Å². The number of nitrogens with zero attached hydrogens (tertiary/aromatic N) is 2. The van der Waals surface area contributed by atoms with Crippen LogP contribution in [0.25, 0.3) is 6.08 Å². The Hall–Kier alpha value is -3.28. The summed E-state index contributed by atoms with van der Waals surface area (Å²) in [5.41, 5.74) is 3.60. The van der Waals surface area contributed by atoms with Crippen LogP contribution in [0.4, 0.5) is 0 Å². The van der Waals surface area contributed by atoms with Crippen LogP contribution in [0.3, 0.4) is 0 Å². The number of likely N-dealkylation sites (N-methyl/N-ethyl adjacent to an activating group) is 1. The molecule has 3 aromatic rings. The summed E-state index contributed by atoms with van der Waals surface area (Å²) >= 11 is 0. The second kappa shape index (κ2) is 14.8. The van der Waals surface area contributed by atoms with Crippen LogP contribution in [-0.4, -0.2) is 55.6 Å². The van der Waals surface area contributed by atoms with Crippen LogP contribution in [0, 0.1) is 0 Å². The molecule has 0 aliphatic rings. The number of hydrogen-bond acceptors (Lipinski definition) is 4. The molecule has 2 aromatic carbocycles. The van der Waals surface area contributed by atoms with Crippen molar-refractivity contribution in [3.8, 4) is 0 Å². The van der Waals surface area contributed by atoms with E-state index in [0.717, 1.165) is 44.6 Å². The maximum Gasteiger partial charge on any atom is 0.243 e. The lowest BCUT2D eigenvalue weighted by atomic mass is 9.91. The lowest BCUT2D eigenvalue weighted by Crippen LogP contribution is -2.32. The van der Waals surface area contributed by atoms with Crippen LogP contribution in [-0.2, 0) is 4.79 Å². The van der Waals surface area contributed by atoms with Crippen molar-refractivity contribution in [1.82, 2.24) is 20.5 Å². The van der Waals surface area contributed by atoms with E-state index >= 15 is 0 Å². The molecule has 5 heteroatoms. The monoisotopic (exact) mass is 456 g/mol. The molecule has 178 valence electrons. The fourth-order valence-corrected chi connectivity index (χ4v) is 3.85. The molecule has 0 saturated heterocycles. The van der Waals surface area contributed by atoms with Gasteiger partial charge in [-0.05, 0) is 55.3 Å². The zero-order valence-corrected chi connectivity index (χ0v) is 20.1. The van der Waals surface area contributed by atoms with Gasteiger partial charge in [0.25, 0.3) is 0 Å². The second-order valence-electron chi connectivity index (χ2n) is 8.50. The van der Waals surface area contributed by atoms with Gasteiger partial charge in [-0.25, -0.2) is 0 Å². The van der Waals surface area contributed by atoms with Gasteiger partial charge in [-0.1, -0.05) is 66.7 Å². The molecule has 3 rings (SSSR count). The van der Waals surface area contributed by atoms with Crippen LogP contribution >= 0.6 is 0 Å². The first kappa shape index (κ1) is 25.3. The molecule has 0 saturated carbocycles. The number of carbonyl (C=O) groups is 1. The Morgan fingerprint density at radius 2 is 1.62 bits per heavy atom. The van der Waals surface area contributed by atoms with Crippen LogP contribution in [0.1, 0.15) is 35.4 Å². The van der Waals surface area contributed by atoms with E-state index in [2.05, 4.69) is 88.2 Å². The average Bonchev–Trinajstić information content (AvgIpc) is 2.89. The van der Waals surface area contributed by atoms with Crippen molar-refractivity contribution in [2.45, 2.75) is 18.8 Å². The highest BCUT2D eigenvalue weighted by molar-refractivity contribution is 5.91. The number of unbranched alkanes of at least 4 members (excludes halogenated alkanes) is 1. The number of carbonyl (C=O) groups excluding carboxylic acids is 1. The fourth-order valence-electron chi connectivity index (χ4n) is 3.85. The Bertz CT molecular complexity index is 937. The van der Waals surface area contributed by atoms with Crippen LogP contribution in [0.2, 0.25) is 0 Å². The summed E-state index contributed by atoms with van der Waals surface area (Å²) < 4.78 is 0. The van der Waals surface area contributed by atoms with Crippen molar-refractivity contribution in [3.63, 3.8) is 0 Å². The fraction of sp³-hybridized carbons (Fsp3) is 0.310. The molecule has 1 amide bonds. The lowest BCUT2D eigenvalue weighted by Gasteiger charge is -2.21. The highest BCUT2D eigenvalue weighted by Gasteiger charge is 2.13. The molecule has 0 unspecified atom stereocenters. The van der Waals surface area contributed by atoms with E-state index in [0.29, 0.717) is 12.5 Å². The van der Waals surface area contributed by atoms with E-state index in [1.54, 1.807) is 24.5 Å². The largest absolute Gasteiger partial charge is 0.353 e. The zero-order chi connectivity index (χ0) is 23.8. The van der Waals surface area contributed by atoms with Gasteiger partial charge in [0.2, 0.25) is 5.91 Å². The topological polar surface area (TPSA) is 57.3 Å². The smallest absolute Gasteiger partial charge is 0.243 e. The van der Waals surface area contributed by atoms with Gasteiger partial charge in [-0.3, -0.25) is 9.78 Å². The number of hydrogen-bond donors (Lipinski definition) is 2. The molecule has 1 aromatic heterocycles. The number of pyridine rings is 1. The standard InChI is InChI=1S/C29H36N4O/c1-33(21-9-8-19-32-29(34)17-16-25-11-10-18-30-23-25)22-20-31-24-28(26-12-4-2-5-13-26)27-14-6-3-7-15-27/h2-7,10-18,23,28,31H,8-9,19-22,24H2,1H3,(H,32,34)/b17-16-. The highest BCUT2D eigenvalue weighted by Crippen LogP contribution is 2.23. The average molecular weight is 457 g/mol. The van der Waals surface area contributed by atoms with Gasteiger partial charge in [0, 0.05) is 50.6 Å². The molecule has 5 nitrogen and oxygen atoms in total. The number of amides is 1. The van der Waals surface area contributed by atoms with E-state index in [4.69, 9.17) is 0 Å². The van der Waals surface area contributed by atoms with Gasteiger partial charge in [0.05, 0.1) is 0 Å². The van der Waals surface area contributed by atoms with Gasteiger partial charge >= 0.3 is 0 Å². The van der Waals surface area contributed by atoms with Crippen LogP contribution in [0.5, 0.6) is 0 Å². The van der Waals surface area contributed by atoms with Gasteiger partial charge in [0.15, 0.2) is 0 Å². The molecular weight excluding hydrogens is 420 g/mol. The Morgan fingerprint density at radius 3 is 2.26 bits per heavy atom. The minimum absolute atomic E-state index is 0.0622. The summed E-state index contributed by atoms with van der Waals surface area (Å²) in [6.45, 7) is 4.57. The first-order valence-electron chi connectivity index (χ1n) is 12.1. The Morgan fingerprint density at radius 1 is 0.912 bits per heavy atom. The quantitative estimate of drug-likeness (QED) is 0.280. The molecule has 2 N–H and O–H groups in total. The summed E-state index contributed by atoms with van der Waals surface area (Å²) in [5, 5.41) is 6.59. The Balaban J connectivity index is 1.29. The maximum absolute atomic E-state index is 11.9. The number of aromatic nitrogens is 1. The predicted octanol–water partition coefficient (Wildman–Crippen LogP) is 4.34. The van der Waals surface area contributed by atoms with Crippen molar-refractivity contribution in [3.05, 3.63) is 108 Å². The number of benzene rings is 2. The first-order chi connectivity index (χ1) is 16.7. The second-order valence-corrected chi connectivity index (χ2v) is 8.50. The van der Waals surface area contributed by atoms with Crippen molar-refractivity contribution < 1.29 is 4.79 Å². The third-order valence-corrected chi connectivity index (χ3v) is 5.80. The third-order valence-electron chi connectivity index (χ3n) is 5.80. The maximum atomic E-state index is 11.9. The van der Waals surface area contributed by atoms with Crippen molar-refractivity contribution >= 4 is 12.0 Å². The number of rotatable bonds is 14. The van der Waals surface area contributed by atoms with E-state index in [1.165, 1.54) is 11.1 Å². The normalized spacial score (nSPS) is 11.4. The Labute approximate surface area is 203 Å². The van der Waals surface area contributed by atoms with Crippen LogP contribution in [0.15, 0.2) is 91.3 Å². The third kappa shape index (κ3) is 9.30. The molecule has 0 atom stereocenters. The summed E-state index contributed by atoms with van der Waals surface area (Å²) in [7, 11) is 2.16. The molecule has 0 radical (unpaired) electrons.